The van der Waals surface area contributed by atoms with Crippen molar-refractivity contribution in [1.82, 2.24) is 5.32 Å². The number of rotatable bonds is 3. The van der Waals surface area contributed by atoms with Gasteiger partial charge in [-0.1, -0.05) is 19.1 Å². The zero-order chi connectivity index (χ0) is 11.1. The summed E-state index contributed by atoms with van der Waals surface area (Å²) in [6, 6.07) is 7.69. The Labute approximate surface area is 97.6 Å². The average molecular weight is 216 g/mol. The lowest BCUT2D eigenvalue weighted by molar-refractivity contribution is 0.652. The monoisotopic (exact) mass is 216 g/mol. The highest BCUT2D eigenvalue weighted by atomic mass is 15.1. The molecule has 86 valence electrons. The number of fused-ring (bicyclic) bond motifs is 1. The van der Waals surface area contributed by atoms with Crippen molar-refractivity contribution in [3.8, 4) is 0 Å². The largest absolute Gasteiger partial charge is 0.374 e. The van der Waals surface area contributed by atoms with Crippen LogP contribution in [-0.4, -0.2) is 19.6 Å². The molecule has 2 nitrogen and oxygen atoms in total. The molecule has 0 aromatic heterocycles. The number of nitrogens with one attached hydrogen (secondary N) is 1. The second-order valence-electron chi connectivity index (χ2n) is 5.33. The minimum absolute atomic E-state index is 0.774. The number of hydrogen-bond donors (Lipinski definition) is 1. The molecule has 1 N–H and O–H groups in total. The third-order valence-electron chi connectivity index (χ3n) is 3.95. The molecule has 16 heavy (non-hydrogen) atoms. The molecule has 0 bridgehead atoms. The van der Waals surface area contributed by atoms with Crippen molar-refractivity contribution < 1.29 is 0 Å². The van der Waals surface area contributed by atoms with Crippen LogP contribution < -0.4 is 10.2 Å². The molecule has 1 saturated carbocycles. The van der Waals surface area contributed by atoms with Crippen molar-refractivity contribution in [2.75, 3.05) is 18.5 Å². The van der Waals surface area contributed by atoms with Gasteiger partial charge >= 0.3 is 0 Å². The second-order valence-corrected chi connectivity index (χ2v) is 5.33. The molecule has 2 atom stereocenters. The minimum atomic E-state index is 0.774. The third kappa shape index (κ3) is 1.82. The van der Waals surface area contributed by atoms with Crippen LogP contribution in [0.2, 0.25) is 0 Å². The van der Waals surface area contributed by atoms with Gasteiger partial charge in [0.1, 0.15) is 0 Å². The second kappa shape index (κ2) is 3.77. The van der Waals surface area contributed by atoms with Crippen molar-refractivity contribution in [3.05, 3.63) is 29.3 Å². The summed E-state index contributed by atoms with van der Waals surface area (Å²) in [7, 11) is 2.18. The van der Waals surface area contributed by atoms with Crippen LogP contribution in [0.1, 0.15) is 24.5 Å². The van der Waals surface area contributed by atoms with E-state index in [0.29, 0.717) is 0 Å². The molecule has 2 heteroatoms. The van der Waals surface area contributed by atoms with E-state index in [4.69, 9.17) is 0 Å². The predicted octanol–water partition coefficient (Wildman–Crippen LogP) is 2.18. The molecule has 0 saturated heterocycles. The Morgan fingerprint density at radius 3 is 3.00 bits per heavy atom. The van der Waals surface area contributed by atoms with E-state index >= 15 is 0 Å². The van der Waals surface area contributed by atoms with Gasteiger partial charge in [-0.3, -0.25) is 0 Å². The van der Waals surface area contributed by atoms with Gasteiger partial charge in [0.2, 0.25) is 0 Å². The summed E-state index contributed by atoms with van der Waals surface area (Å²) in [6.07, 6.45) is 2.56. The van der Waals surface area contributed by atoms with Crippen LogP contribution in [0.25, 0.3) is 0 Å². The van der Waals surface area contributed by atoms with Crippen LogP contribution in [0.5, 0.6) is 0 Å². The number of likely N-dealkylation sites (N-methyl/N-ethyl adjacent to an activating group) is 1. The Morgan fingerprint density at radius 2 is 2.25 bits per heavy atom. The smallest absolute Gasteiger partial charge is 0.0397 e. The first-order valence-electron chi connectivity index (χ1n) is 6.30. The van der Waals surface area contributed by atoms with E-state index in [1.807, 2.05) is 0 Å². The fourth-order valence-electron chi connectivity index (χ4n) is 2.59. The van der Waals surface area contributed by atoms with Gasteiger partial charge in [0, 0.05) is 31.9 Å². The van der Waals surface area contributed by atoms with Gasteiger partial charge in [0.25, 0.3) is 0 Å². The lowest BCUT2D eigenvalue weighted by Gasteiger charge is -2.12. The highest BCUT2D eigenvalue weighted by Crippen LogP contribution is 2.30. The van der Waals surface area contributed by atoms with Crippen LogP contribution in [0.4, 0.5) is 5.69 Å². The summed E-state index contributed by atoms with van der Waals surface area (Å²) in [5.74, 6) is 0.889. The maximum atomic E-state index is 3.61. The lowest BCUT2D eigenvalue weighted by atomic mass is 10.1. The zero-order valence-electron chi connectivity index (χ0n) is 10.2. The molecule has 1 fully saturated rings. The summed E-state index contributed by atoms with van der Waals surface area (Å²) in [6.45, 7) is 4.52. The maximum absolute atomic E-state index is 3.61. The van der Waals surface area contributed by atoms with Gasteiger partial charge in [-0.05, 0) is 36.0 Å². The summed E-state index contributed by atoms with van der Waals surface area (Å²) in [4.78, 5) is 2.34. The van der Waals surface area contributed by atoms with Gasteiger partial charge in [-0.15, -0.1) is 0 Å². The first-order valence-corrected chi connectivity index (χ1v) is 6.30. The SMILES string of the molecule is CC1CC1NCc1ccc2c(c1)CCN2C. The van der Waals surface area contributed by atoms with Gasteiger partial charge in [0.05, 0.1) is 0 Å². The molecule has 1 aliphatic heterocycles. The van der Waals surface area contributed by atoms with Crippen molar-refractivity contribution in [3.63, 3.8) is 0 Å². The molecule has 1 aliphatic carbocycles. The van der Waals surface area contributed by atoms with E-state index in [0.717, 1.165) is 18.5 Å². The summed E-state index contributed by atoms with van der Waals surface area (Å²) >= 11 is 0. The Balaban J connectivity index is 1.67. The topological polar surface area (TPSA) is 15.3 Å². The molecule has 2 aliphatic rings. The standard InChI is InChI=1S/C14H20N2/c1-10-7-13(10)15-9-11-3-4-14-12(8-11)5-6-16(14)2/h3-4,8,10,13,15H,5-7,9H2,1-2H3. The van der Waals surface area contributed by atoms with E-state index in [1.165, 1.54) is 36.2 Å². The molecule has 1 aromatic carbocycles. The lowest BCUT2D eigenvalue weighted by Crippen LogP contribution is -2.17. The van der Waals surface area contributed by atoms with Crippen LogP contribution in [-0.2, 0) is 13.0 Å². The van der Waals surface area contributed by atoms with E-state index in [2.05, 4.69) is 42.4 Å². The summed E-state index contributed by atoms with van der Waals surface area (Å²) in [5, 5.41) is 3.61. The minimum Gasteiger partial charge on any atom is -0.374 e. The third-order valence-corrected chi connectivity index (χ3v) is 3.95. The molecular formula is C14H20N2. The van der Waals surface area contributed by atoms with Crippen LogP contribution in [0.3, 0.4) is 0 Å². The Bertz CT molecular complexity index is 400. The Kier molecular flexibility index (Phi) is 2.40. The van der Waals surface area contributed by atoms with Gasteiger partial charge < -0.3 is 10.2 Å². The Hall–Kier alpha value is -1.02. The number of nitrogens with zero attached hydrogens (tertiary/aromatic N) is 1. The van der Waals surface area contributed by atoms with Crippen molar-refractivity contribution in [1.29, 1.82) is 0 Å². The summed E-state index contributed by atoms with van der Waals surface area (Å²) < 4.78 is 0. The normalized spacial score (nSPS) is 27.0. The quantitative estimate of drug-likeness (QED) is 0.833. The van der Waals surface area contributed by atoms with Crippen LogP contribution in [0, 0.1) is 5.92 Å². The fourth-order valence-corrected chi connectivity index (χ4v) is 2.59. The van der Waals surface area contributed by atoms with Crippen LogP contribution >= 0.6 is 0 Å². The number of benzene rings is 1. The van der Waals surface area contributed by atoms with Crippen molar-refractivity contribution >= 4 is 5.69 Å². The fraction of sp³-hybridized carbons (Fsp3) is 0.571. The van der Waals surface area contributed by atoms with Gasteiger partial charge in [0.15, 0.2) is 0 Å². The zero-order valence-corrected chi connectivity index (χ0v) is 10.2. The highest BCUT2D eigenvalue weighted by Gasteiger charge is 2.31. The molecule has 3 rings (SSSR count). The Morgan fingerprint density at radius 1 is 1.44 bits per heavy atom. The number of anilines is 1. The van der Waals surface area contributed by atoms with E-state index in [9.17, 15) is 0 Å². The average Bonchev–Trinajstić information content (AvgIpc) is 2.87. The predicted molar refractivity (Wildman–Crippen MR) is 67.8 cm³/mol. The molecule has 0 amide bonds. The highest BCUT2D eigenvalue weighted by molar-refractivity contribution is 5.58. The first kappa shape index (κ1) is 10.2. The first-order chi connectivity index (χ1) is 7.74. The van der Waals surface area contributed by atoms with Crippen molar-refractivity contribution in [2.45, 2.75) is 32.4 Å². The molecule has 1 aromatic rings. The molecule has 2 unspecified atom stereocenters. The molecule has 1 heterocycles. The molecule has 0 radical (unpaired) electrons. The van der Waals surface area contributed by atoms with Gasteiger partial charge in [-0.2, -0.15) is 0 Å². The van der Waals surface area contributed by atoms with E-state index in [1.54, 1.807) is 0 Å². The van der Waals surface area contributed by atoms with Gasteiger partial charge in [-0.25, -0.2) is 0 Å². The maximum Gasteiger partial charge on any atom is 0.0397 e. The van der Waals surface area contributed by atoms with E-state index < -0.39 is 0 Å². The van der Waals surface area contributed by atoms with Crippen molar-refractivity contribution in [2.24, 2.45) is 5.92 Å². The van der Waals surface area contributed by atoms with Crippen LogP contribution in [0.15, 0.2) is 18.2 Å². The number of hydrogen-bond acceptors (Lipinski definition) is 2. The summed E-state index contributed by atoms with van der Waals surface area (Å²) in [5.41, 5.74) is 4.38. The van der Waals surface area contributed by atoms with E-state index in [-0.39, 0.29) is 0 Å². The molecule has 0 spiro atoms. The molecular weight excluding hydrogens is 196 g/mol.